The first-order chi connectivity index (χ1) is 9.80. The summed E-state index contributed by atoms with van der Waals surface area (Å²) in [6.07, 6.45) is -2.91. The third-order valence-electron chi connectivity index (χ3n) is 3.03. The summed E-state index contributed by atoms with van der Waals surface area (Å²) >= 11 is 3.02. The van der Waals surface area contributed by atoms with Gasteiger partial charge in [0.15, 0.2) is 0 Å². The molecule has 1 unspecified atom stereocenters. The number of carbonyl (C=O) groups is 1. The molecule has 116 valence electrons. The Hall–Kier alpha value is -1.44. The first-order valence-electron chi connectivity index (χ1n) is 6.20. The molecule has 0 heterocycles. The van der Waals surface area contributed by atoms with E-state index < -0.39 is 12.4 Å². The molecule has 1 saturated carbocycles. The van der Waals surface area contributed by atoms with Crippen molar-refractivity contribution in [2.24, 2.45) is 5.92 Å². The fourth-order valence-corrected chi connectivity index (χ4v) is 2.36. The Morgan fingerprint density at radius 1 is 1.43 bits per heavy atom. The molecule has 1 aliphatic carbocycles. The monoisotopic (exact) mass is 367 g/mol. The van der Waals surface area contributed by atoms with Gasteiger partial charge in [-0.15, -0.1) is 13.2 Å². The molecule has 1 aromatic rings. The van der Waals surface area contributed by atoms with Gasteiger partial charge in [0, 0.05) is 5.69 Å². The molecule has 0 saturated heterocycles. The molecule has 0 bridgehead atoms. The fraction of sp³-hybridized carbons (Fsp3) is 0.462. The minimum Gasteiger partial charge on any atom is -0.467 e. The number of carbonyl (C=O) groups excluding carboxylic acids is 1. The number of hydrogen-bond acceptors (Lipinski definition) is 4. The highest BCUT2D eigenvalue weighted by atomic mass is 79.9. The summed E-state index contributed by atoms with van der Waals surface area (Å²) < 4.78 is 45.3. The number of hydrogen-bond donors (Lipinski definition) is 1. The van der Waals surface area contributed by atoms with Crippen molar-refractivity contribution < 1.29 is 27.4 Å². The molecule has 0 spiro atoms. The molecule has 1 aliphatic rings. The van der Waals surface area contributed by atoms with Gasteiger partial charge in [-0.1, -0.05) is 0 Å². The molecule has 1 aromatic carbocycles. The standard InChI is InChI=1S/C13H13BrF3NO3/c1-20-12(19)11(7-2-3-7)18-8-4-5-10(9(14)6-8)21-13(15,16)17/h4-7,11,18H,2-3H2,1H3. The van der Waals surface area contributed by atoms with Crippen LogP contribution in [0.15, 0.2) is 22.7 Å². The van der Waals surface area contributed by atoms with E-state index in [0.29, 0.717) is 5.69 Å². The van der Waals surface area contributed by atoms with Crippen LogP contribution in [-0.4, -0.2) is 25.5 Å². The second-order valence-electron chi connectivity index (χ2n) is 4.68. The molecule has 0 amide bonds. The van der Waals surface area contributed by atoms with Crippen molar-refractivity contribution in [3.63, 3.8) is 0 Å². The summed E-state index contributed by atoms with van der Waals surface area (Å²) in [4.78, 5) is 11.7. The summed E-state index contributed by atoms with van der Waals surface area (Å²) in [7, 11) is 1.30. The summed E-state index contributed by atoms with van der Waals surface area (Å²) in [6, 6.07) is 3.54. The van der Waals surface area contributed by atoms with E-state index in [4.69, 9.17) is 4.74 Å². The topological polar surface area (TPSA) is 47.6 Å². The number of ether oxygens (including phenoxy) is 2. The zero-order valence-electron chi connectivity index (χ0n) is 11.0. The van der Waals surface area contributed by atoms with Crippen LogP contribution in [0.5, 0.6) is 5.75 Å². The van der Waals surface area contributed by atoms with E-state index in [1.807, 2.05) is 0 Å². The molecule has 1 fully saturated rings. The normalized spacial score (nSPS) is 16.2. The number of anilines is 1. The number of alkyl halides is 3. The van der Waals surface area contributed by atoms with Gasteiger partial charge in [0.1, 0.15) is 11.8 Å². The predicted molar refractivity (Wildman–Crippen MR) is 73.0 cm³/mol. The van der Waals surface area contributed by atoms with Crippen LogP contribution in [0.1, 0.15) is 12.8 Å². The zero-order valence-corrected chi connectivity index (χ0v) is 12.6. The number of methoxy groups -OCH3 is 1. The van der Waals surface area contributed by atoms with E-state index in [-0.39, 0.29) is 22.1 Å². The molecule has 4 nitrogen and oxygen atoms in total. The van der Waals surface area contributed by atoms with Crippen LogP contribution in [-0.2, 0) is 9.53 Å². The third kappa shape index (κ3) is 4.52. The van der Waals surface area contributed by atoms with E-state index in [2.05, 4.69) is 26.0 Å². The van der Waals surface area contributed by atoms with Gasteiger partial charge in [0.05, 0.1) is 11.6 Å². The highest BCUT2D eigenvalue weighted by Crippen LogP contribution is 2.37. The van der Waals surface area contributed by atoms with Gasteiger partial charge in [-0.3, -0.25) is 0 Å². The maximum atomic E-state index is 12.2. The second kappa shape index (κ2) is 6.13. The molecular formula is C13H13BrF3NO3. The van der Waals surface area contributed by atoms with Crippen LogP contribution in [0.25, 0.3) is 0 Å². The molecule has 0 aromatic heterocycles. The summed E-state index contributed by atoms with van der Waals surface area (Å²) in [5.41, 5.74) is 0.513. The first kappa shape index (κ1) is 15.9. The van der Waals surface area contributed by atoms with Gasteiger partial charge in [-0.2, -0.15) is 0 Å². The van der Waals surface area contributed by atoms with Crippen LogP contribution >= 0.6 is 15.9 Å². The van der Waals surface area contributed by atoms with E-state index in [1.54, 1.807) is 0 Å². The molecule has 1 atom stereocenters. The van der Waals surface area contributed by atoms with Gasteiger partial charge < -0.3 is 14.8 Å². The van der Waals surface area contributed by atoms with Crippen molar-refractivity contribution >= 4 is 27.6 Å². The lowest BCUT2D eigenvalue weighted by molar-refractivity contribution is -0.274. The third-order valence-corrected chi connectivity index (χ3v) is 3.65. The lowest BCUT2D eigenvalue weighted by Crippen LogP contribution is -2.32. The average Bonchev–Trinajstić information content (AvgIpc) is 3.21. The van der Waals surface area contributed by atoms with Crippen LogP contribution in [0, 0.1) is 5.92 Å². The Balaban J connectivity index is 2.10. The lowest BCUT2D eigenvalue weighted by atomic mass is 10.1. The minimum atomic E-state index is -4.75. The number of esters is 1. The van der Waals surface area contributed by atoms with Gasteiger partial charge in [0.2, 0.25) is 0 Å². The molecule has 2 rings (SSSR count). The summed E-state index contributed by atoms with van der Waals surface area (Å²) in [5.74, 6) is -0.527. The van der Waals surface area contributed by atoms with Gasteiger partial charge in [-0.05, 0) is 52.9 Å². The highest BCUT2D eigenvalue weighted by Gasteiger charge is 2.37. The Morgan fingerprint density at radius 3 is 2.57 bits per heavy atom. The minimum absolute atomic E-state index is 0.143. The number of halogens is 4. The van der Waals surface area contributed by atoms with Crippen LogP contribution < -0.4 is 10.1 Å². The first-order valence-corrected chi connectivity index (χ1v) is 6.99. The molecule has 21 heavy (non-hydrogen) atoms. The smallest absolute Gasteiger partial charge is 0.467 e. The van der Waals surface area contributed by atoms with Crippen molar-refractivity contribution in [3.8, 4) is 5.75 Å². The fourth-order valence-electron chi connectivity index (χ4n) is 1.90. The van der Waals surface area contributed by atoms with Crippen LogP contribution in [0.3, 0.4) is 0 Å². The van der Waals surface area contributed by atoms with Crippen molar-refractivity contribution in [1.82, 2.24) is 0 Å². The summed E-state index contributed by atoms with van der Waals surface area (Å²) in [5, 5.41) is 2.98. The summed E-state index contributed by atoms with van der Waals surface area (Å²) in [6.45, 7) is 0. The SMILES string of the molecule is COC(=O)C(Nc1ccc(OC(F)(F)F)c(Br)c1)C1CC1. The number of nitrogens with one attached hydrogen (secondary N) is 1. The zero-order chi connectivity index (χ0) is 15.6. The van der Waals surface area contributed by atoms with Crippen molar-refractivity contribution in [3.05, 3.63) is 22.7 Å². The Kier molecular flexibility index (Phi) is 4.65. The van der Waals surface area contributed by atoms with E-state index in [1.165, 1.54) is 25.3 Å². The van der Waals surface area contributed by atoms with Crippen LogP contribution in [0.4, 0.5) is 18.9 Å². The lowest BCUT2D eigenvalue weighted by Gasteiger charge is -2.18. The van der Waals surface area contributed by atoms with E-state index in [0.717, 1.165) is 12.8 Å². The molecule has 8 heteroatoms. The maximum absolute atomic E-state index is 12.2. The number of benzene rings is 1. The molecule has 0 radical (unpaired) electrons. The van der Waals surface area contributed by atoms with Crippen molar-refractivity contribution in [1.29, 1.82) is 0 Å². The molecule has 1 N–H and O–H groups in total. The van der Waals surface area contributed by atoms with Crippen LogP contribution in [0.2, 0.25) is 0 Å². The van der Waals surface area contributed by atoms with Crippen molar-refractivity contribution in [2.75, 3.05) is 12.4 Å². The highest BCUT2D eigenvalue weighted by molar-refractivity contribution is 9.10. The van der Waals surface area contributed by atoms with Gasteiger partial charge in [-0.25, -0.2) is 4.79 Å². The van der Waals surface area contributed by atoms with Crippen molar-refractivity contribution in [2.45, 2.75) is 25.2 Å². The van der Waals surface area contributed by atoms with E-state index in [9.17, 15) is 18.0 Å². The van der Waals surface area contributed by atoms with E-state index >= 15 is 0 Å². The second-order valence-corrected chi connectivity index (χ2v) is 5.53. The average molecular weight is 368 g/mol. The molecule has 0 aliphatic heterocycles. The Morgan fingerprint density at radius 2 is 2.10 bits per heavy atom. The van der Waals surface area contributed by atoms with Gasteiger partial charge >= 0.3 is 12.3 Å². The Bertz CT molecular complexity index is 532. The quantitative estimate of drug-likeness (QED) is 0.805. The Labute approximate surface area is 127 Å². The number of rotatable bonds is 5. The molecular weight excluding hydrogens is 355 g/mol. The largest absolute Gasteiger partial charge is 0.573 e. The maximum Gasteiger partial charge on any atom is 0.573 e. The predicted octanol–water partition coefficient (Wildman–Crippen LogP) is 3.71. The van der Waals surface area contributed by atoms with Gasteiger partial charge in [0.25, 0.3) is 0 Å².